The van der Waals surface area contributed by atoms with E-state index in [1.165, 1.54) is 11.0 Å². The van der Waals surface area contributed by atoms with E-state index in [9.17, 15) is 18.4 Å². The molecule has 0 spiro atoms. The van der Waals surface area contributed by atoms with Crippen LogP contribution in [0, 0.1) is 18.6 Å². The highest BCUT2D eigenvalue weighted by atomic mass is 19.2. The summed E-state index contributed by atoms with van der Waals surface area (Å²) in [6.45, 7) is 4.09. The Morgan fingerprint density at radius 3 is 2.35 bits per heavy atom. The molecule has 1 heterocycles. The van der Waals surface area contributed by atoms with Gasteiger partial charge in [0.2, 0.25) is 0 Å². The van der Waals surface area contributed by atoms with Crippen molar-refractivity contribution in [1.29, 1.82) is 0 Å². The maximum absolute atomic E-state index is 13.2. The molecule has 0 atom stereocenters. The third-order valence-corrected chi connectivity index (χ3v) is 4.31. The minimum atomic E-state index is -1.08. The van der Waals surface area contributed by atoms with Crippen molar-refractivity contribution in [3.63, 3.8) is 0 Å². The van der Waals surface area contributed by atoms with E-state index in [0.29, 0.717) is 26.2 Å². The molecule has 7 heteroatoms. The number of hydrogen-bond donors (Lipinski definition) is 1. The summed E-state index contributed by atoms with van der Waals surface area (Å²) in [5.41, 5.74) is 2.29. The van der Waals surface area contributed by atoms with E-state index >= 15 is 0 Å². The molecule has 1 fully saturated rings. The summed E-state index contributed by atoms with van der Waals surface area (Å²) in [5.74, 6) is -3.64. The largest absolute Gasteiger partial charge is 0.368 e. The molecule has 0 unspecified atom stereocenters. The summed E-state index contributed by atoms with van der Waals surface area (Å²) in [5, 5.41) is 2.31. The number of nitrogens with zero attached hydrogens (tertiary/aromatic N) is 2. The van der Waals surface area contributed by atoms with Gasteiger partial charge in [-0.25, -0.2) is 8.78 Å². The Hall–Kier alpha value is -2.96. The van der Waals surface area contributed by atoms with Gasteiger partial charge in [0.05, 0.1) is 0 Å². The van der Waals surface area contributed by atoms with Crippen molar-refractivity contribution in [2.75, 3.05) is 36.4 Å². The summed E-state index contributed by atoms with van der Waals surface area (Å²) in [4.78, 5) is 28.0. The van der Waals surface area contributed by atoms with Crippen LogP contribution in [0.3, 0.4) is 0 Å². The highest BCUT2D eigenvalue weighted by molar-refractivity contribution is 6.39. The molecule has 0 bridgehead atoms. The zero-order valence-corrected chi connectivity index (χ0v) is 14.3. The molecule has 136 valence electrons. The molecule has 2 amide bonds. The van der Waals surface area contributed by atoms with Crippen molar-refractivity contribution in [1.82, 2.24) is 4.90 Å². The van der Waals surface area contributed by atoms with Gasteiger partial charge in [0.15, 0.2) is 11.6 Å². The van der Waals surface area contributed by atoms with Crippen LogP contribution in [0.2, 0.25) is 0 Å². The molecule has 0 aliphatic carbocycles. The Kier molecular flexibility index (Phi) is 5.16. The Balaban J connectivity index is 1.57. The monoisotopic (exact) mass is 359 g/mol. The first-order valence-corrected chi connectivity index (χ1v) is 8.31. The number of nitrogens with one attached hydrogen (secondary N) is 1. The zero-order valence-electron chi connectivity index (χ0n) is 14.3. The first kappa shape index (κ1) is 17.8. The summed E-state index contributed by atoms with van der Waals surface area (Å²) >= 11 is 0. The Morgan fingerprint density at radius 2 is 1.69 bits per heavy atom. The number of halogens is 2. The molecule has 0 radical (unpaired) electrons. The molecule has 3 rings (SSSR count). The highest BCUT2D eigenvalue weighted by Gasteiger charge is 2.26. The van der Waals surface area contributed by atoms with Crippen LogP contribution in [-0.4, -0.2) is 42.9 Å². The number of piperazine rings is 1. The van der Waals surface area contributed by atoms with E-state index in [4.69, 9.17) is 0 Å². The first-order valence-electron chi connectivity index (χ1n) is 8.31. The molecule has 1 aliphatic heterocycles. The lowest BCUT2D eigenvalue weighted by molar-refractivity contribution is -0.143. The number of carbonyl (C=O) groups excluding carboxylic acids is 2. The van der Waals surface area contributed by atoms with Gasteiger partial charge in [-0.15, -0.1) is 0 Å². The molecule has 0 aromatic heterocycles. The number of benzene rings is 2. The molecule has 26 heavy (non-hydrogen) atoms. The molecule has 5 nitrogen and oxygen atoms in total. The fourth-order valence-electron chi connectivity index (χ4n) is 2.89. The highest BCUT2D eigenvalue weighted by Crippen LogP contribution is 2.18. The predicted octanol–water partition coefficient (Wildman–Crippen LogP) is 2.56. The standard InChI is InChI=1S/C19H19F2N3O2/c1-13-3-2-4-15(11-13)23-7-9-24(10-8-23)19(26)18(25)22-14-5-6-16(20)17(21)12-14/h2-6,11-12H,7-10H2,1H3,(H,22,25). The molecule has 2 aromatic carbocycles. The van der Waals surface area contributed by atoms with Crippen LogP contribution in [0.4, 0.5) is 20.2 Å². The second-order valence-corrected chi connectivity index (χ2v) is 6.20. The number of carbonyl (C=O) groups is 2. The van der Waals surface area contributed by atoms with Gasteiger partial charge in [0.25, 0.3) is 0 Å². The van der Waals surface area contributed by atoms with Crippen LogP contribution in [0.15, 0.2) is 42.5 Å². The topological polar surface area (TPSA) is 52.7 Å². The van der Waals surface area contributed by atoms with Gasteiger partial charge in [-0.1, -0.05) is 12.1 Å². The van der Waals surface area contributed by atoms with E-state index in [1.54, 1.807) is 0 Å². The molecular weight excluding hydrogens is 340 g/mol. The van der Waals surface area contributed by atoms with Crippen LogP contribution >= 0.6 is 0 Å². The van der Waals surface area contributed by atoms with Crippen LogP contribution in [0.5, 0.6) is 0 Å². The fourth-order valence-corrected chi connectivity index (χ4v) is 2.89. The van der Waals surface area contributed by atoms with Gasteiger partial charge in [-0.05, 0) is 36.8 Å². The van der Waals surface area contributed by atoms with Gasteiger partial charge in [0.1, 0.15) is 0 Å². The predicted molar refractivity (Wildman–Crippen MR) is 95.0 cm³/mol. The molecule has 1 N–H and O–H groups in total. The van der Waals surface area contributed by atoms with E-state index in [0.717, 1.165) is 23.4 Å². The minimum Gasteiger partial charge on any atom is -0.368 e. The van der Waals surface area contributed by atoms with E-state index < -0.39 is 23.4 Å². The maximum atomic E-state index is 13.2. The average molecular weight is 359 g/mol. The third kappa shape index (κ3) is 3.99. The van der Waals surface area contributed by atoms with Crippen LogP contribution < -0.4 is 10.2 Å². The second-order valence-electron chi connectivity index (χ2n) is 6.20. The Labute approximate surface area is 150 Å². The summed E-state index contributed by atoms with van der Waals surface area (Å²) in [6.07, 6.45) is 0. The smallest absolute Gasteiger partial charge is 0.313 e. The normalized spacial score (nSPS) is 14.3. The number of rotatable bonds is 2. The van der Waals surface area contributed by atoms with Crippen molar-refractivity contribution < 1.29 is 18.4 Å². The van der Waals surface area contributed by atoms with Crippen molar-refractivity contribution in [2.24, 2.45) is 0 Å². The van der Waals surface area contributed by atoms with Gasteiger partial charge < -0.3 is 15.1 Å². The van der Waals surface area contributed by atoms with E-state index in [-0.39, 0.29) is 5.69 Å². The lowest BCUT2D eigenvalue weighted by atomic mass is 10.2. The van der Waals surface area contributed by atoms with Crippen molar-refractivity contribution in [2.45, 2.75) is 6.92 Å². The van der Waals surface area contributed by atoms with Gasteiger partial charge in [0, 0.05) is 43.6 Å². The second kappa shape index (κ2) is 7.51. The Bertz CT molecular complexity index is 833. The summed E-state index contributed by atoms with van der Waals surface area (Å²) in [6, 6.07) is 11.0. The zero-order chi connectivity index (χ0) is 18.7. The Morgan fingerprint density at radius 1 is 0.962 bits per heavy atom. The van der Waals surface area contributed by atoms with Crippen LogP contribution in [0.25, 0.3) is 0 Å². The van der Waals surface area contributed by atoms with Gasteiger partial charge >= 0.3 is 11.8 Å². The summed E-state index contributed by atoms with van der Waals surface area (Å²) in [7, 11) is 0. The average Bonchev–Trinajstić information content (AvgIpc) is 2.64. The third-order valence-electron chi connectivity index (χ3n) is 4.31. The van der Waals surface area contributed by atoms with E-state index in [2.05, 4.69) is 16.3 Å². The number of amides is 2. The number of aryl methyl sites for hydroxylation is 1. The number of hydrogen-bond acceptors (Lipinski definition) is 3. The molecule has 0 saturated carbocycles. The summed E-state index contributed by atoms with van der Waals surface area (Å²) < 4.78 is 26.1. The molecular formula is C19H19F2N3O2. The van der Waals surface area contributed by atoms with Crippen molar-refractivity contribution in [3.8, 4) is 0 Å². The van der Waals surface area contributed by atoms with Gasteiger partial charge in [-0.3, -0.25) is 9.59 Å². The quantitative estimate of drug-likeness (QED) is 0.839. The molecule has 1 saturated heterocycles. The first-order chi connectivity index (χ1) is 12.4. The van der Waals surface area contributed by atoms with Crippen LogP contribution in [0.1, 0.15) is 5.56 Å². The molecule has 1 aliphatic rings. The van der Waals surface area contributed by atoms with Crippen molar-refractivity contribution in [3.05, 3.63) is 59.7 Å². The van der Waals surface area contributed by atoms with E-state index in [1.807, 2.05) is 25.1 Å². The fraction of sp³-hybridized carbons (Fsp3) is 0.263. The lowest BCUT2D eigenvalue weighted by Crippen LogP contribution is -2.51. The van der Waals surface area contributed by atoms with Crippen molar-refractivity contribution >= 4 is 23.2 Å². The maximum Gasteiger partial charge on any atom is 0.313 e. The minimum absolute atomic E-state index is 0.0423. The lowest BCUT2D eigenvalue weighted by Gasteiger charge is -2.35. The molecule has 2 aromatic rings. The van der Waals surface area contributed by atoms with Gasteiger partial charge in [-0.2, -0.15) is 0 Å². The SMILES string of the molecule is Cc1cccc(N2CCN(C(=O)C(=O)Nc3ccc(F)c(F)c3)CC2)c1. The van der Waals surface area contributed by atoms with Crippen LogP contribution in [-0.2, 0) is 9.59 Å². The number of anilines is 2.